The van der Waals surface area contributed by atoms with Gasteiger partial charge in [0.05, 0.1) is 0 Å². The summed E-state index contributed by atoms with van der Waals surface area (Å²) >= 11 is 0. The van der Waals surface area contributed by atoms with Gasteiger partial charge in [0.25, 0.3) is 0 Å². The van der Waals surface area contributed by atoms with Gasteiger partial charge in [0, 0.05) is 32.8 Å². The summed E-state index contributed by atoms with van der Waals surface area (Å²) in [6.45, 7) is 0. The van der Waals surface area contributed by atoms with E-state index in [4.69, 9.17) is 19.4 Å². The van der Waals surface area contributed by atoms with E-state index < -0.39 is 0 Å². The predicted octanol–water partition coefficient (Wildman–Crippen LogP) is 9.08. The molecule has 0 aliphatic heterocycles. The van der Waals surface area contributed by atoms with Crippen molar-refractivity contribution in [2.45, 2.75) is 0 Å². The summed E-state index contributed by atoms with van der Waals surface area (Å²) in [6.07, 6.45) is 0. The maximum atomic E-state index is 6.50. The van der Waals surface area contributed by atoms with Gasteiger partial charge in [-0.15, -0.1) is 0 Å². The number of aromatic nitrogens is 3. The van der Waals surface area contributed by atoms with Gasteiger partial charge in [0.1, 0.15) is 11.2 Å². The lowest BCUT2D eigenvalue weighted by Crippen LogP contribution is -2.00. The third-order valence-electron chi connectivity index (χ3n) is 7.30. The van der Waals surface area contributed by atoms with Crippen molar-refractivity contribution in [1.82, 2.24) is 15.0 Å². The molecule has 0 radical (unpaired) electrons. The highest BCUT2D eigenvalue weighted by Gasteiger charge is 2.18. The zero-order valence-electron chi connectivity index (χ0n) is 20.9. The van der Waals surface area contributed by atoms with Crippen molar-refractivity contribution in [2.24, 2.45) is 0 Å². The molecular weight excluding hydrogens is 478 g/mol. The highest BCUT2D eigenvalue weighted by Crippen LogP contribution is 2.41. The normalized spacial score (nSPS) is 11.6. The Kier molecular flexibility index (Phi) is 4.79. The quantitative estimate of drug-likeness (QED) is 0.228. The number of fused-ring (bicyclic) bond motifs is 8. The van der Waals surface area contributed by atoms with Crippen LogP contribution in [0.15, 0.2) is 132 Å². The van der Waals surface area contributed by atoms with E-state index in [9.17, 15) is 0 Å². The number of benzene rings is 6. The molecule has 0 spiro atoms. The second-order valence-corrected chi connectivity index (χ2v) is 9.65. The lowest BCUT2D eigenvalue weighted by atomic mass is 9.95. The van der Waals surface area contributed by atoms with Crippen LogP contribution in [0.3, 0.4) is 0 Å². The van der Waals surface area contributed by atoms with E-state index in [1.165, 1.54) is 10.8 Å². The third kappa shape index (κ3) is 3.50. The molecule has 0 saturated carbocycles. The van der Waals surface area contributed by atoms with Crippen molar-refractivity contribution in [3.05, 3.63) is 127 Å². The molecule has 0 N–H and O–H groups in total. The molecule has 0 fully saturated rings. The average Bonchev–Trinajstić information content (AvgIpc) is 3.42. The standard InChI is InChI=1S/C35H21N3O/c1-3-11-22(12-4-1)33-36-34(23-13-5-2-6-14-23)38-35(37-33)24-19-20-26-25-15-7-8-16-27(25)31-28-17-9-10-18-30(28)39-32(31)29(26)21-24/h1-21H. The van der Waals surface area contributed by atoms with Crippen LogP contribution < -0.4 is 0 Å². The Balaban J connectivity index is 1.43. The third-order valence-corrected chi connectivity index (χ3v) is 7.30. The summed E-state index contributed by atoms with van der Waals surface area (Å²) in [7, 11) is 0. The highest BCUT2D eigenvalue weighted by molar-refractivity contribution is 6.30. The van der Waals surface area contributed by atoms with Gasteiger partial charge < -0.3 is 4.42 Å². The molecule has 39 heavy (non-hydrogen) atoms. The van der Waals surface area contributed by atoms with Gasteiger partial charge in [-0.3, -0.25) is 0 Å². The fraction of sp³-hybridized carbons (Fsp3) is 0. The van der Waals surface area contributed by atoms with E-state index in [0.717, 1.165) is 49.4 Å². The largest absolute Gasteiger partial charge is 0.455 e. The number of hydrogen-bond donors (Lipinski definition) is 0. The average molecular weight is 500 g/mol. The molecule has 0 aliphatic carbocycles. The van der Waals surface area contributed by atoms with Crippen LogP contribution in [0, 0.1) is 0 Å². The number of hydrogen-bond acceptors (Lipinski definition) is 4. The first-order chi connectivity index (χ1) is 19.3. The summed E-state index contributed by atoms with van der Waals surface area (Å²) in [6, 6.07) is 43.3. The minimum absolute atomic E-state index is 0.627. The first-order valence-electron chi connectivity index (χ1n) is 13.0. The van der Waals surface area contributed by atoms with Crippen LogP contribution in [-0.4, -0.2) is 15.0 Å². The molecule has 0 aliphatic rings. The minimum Gasteiger partial charge on any atom is -0.455 e. The SMILES string of the molecule is c1ccc(-c2nc(-c3ccccc3)nc(-c3ccc4c5ccccc5c5c6ccccc6oc5c4c3)n2)cc1. The van der Waals surface area contributed by atoms with Gasteiger partial charge in [0.15, 0.2) is 17.5 Å². The Hall–Kier alpha value is -5.35. The number of rotatable bonds is 3. The van der Waals surface area contributed by atoms with Crippen molar-refractivity contribution in [1.29, 1.82) is 0 Å². The molecule has 8 rings (SSSR count). The summed E-state index contributed by atoms with van der Waals surface area (Å²) in [5.41, 5.74) is 4.58. The topological polar surface area (TPSA) is 51.8 Å². The Labute approximate surface area is 224 Å². The second-order valence-electron chi connectivity index (χ2n) is 9.65. The van der Waals surface area contributed by atoms with E-state index >= 15 is 0 Å². The van der Waals surface area contributed by atoms with Crippen molar-refractivity contribution in [3.8, 4) is 34.2 Å². The molecule has 0 atom stereocenters. The Morgan fingerprint density at radius 3 is 1.56 bits per heavy atom. The van der Waals surface area contributed by atoms with Gasteiger partial charge in [-0.1, -0.05) is 115 Å². The Morgan fingerprint density at radius 1 is 0.385 bits per heavy atom. The van der Waals surface area contributed by atoms with Crippen LogP contribution in [0.5, 0.6) is 0 Å². The van der Waals surface area contributed by atoms with Gasteiger partial charge >= 0.3 is 0 Å². The van der Waals surface area contributed by atoms with Crippen LogP contribution >= 0.6 is 0 Å². The maximum Gasteiger partial charge on any atom is 0.164 e. The van der Waals surface area contributed by atoms with Crippen LogP contribution in [0.2, 0.25) is 0 Å². The van der Waals surface area contributed by atoms with Gasteiger partial charge in [-0.05, 0) is 28.3 Å². The number of nitrogens with zero attached hydrogens (tertiary/aromatic N) is 3. The van der Waals surface area contributed by atoms with Crippen LogP contribution in [0.25, 0.3) is 77.6 Å². The molecule has 0 saturated heterocycles. The van der Waals surface area contributed by atoms with Crippen molar-refractivity contribution < 1.29 is 4.42 Å². The Morgan fingerprint density at radius 2 is 0.897 bits per heavy atom. The van der Waals surface area contributed by atoms with Gasteiger partial charge in [-0.25, -0.2) is 15.0 Å². The van der Waals surface area contributed by atoms with Crippen LogP contribution in [0.1, 0.15) is 0 Å². The summed E-state index contributed by atoms with van der Waals surface area (Å²) in [5, 5.41) is 6.83. The van der Waals surface area contributed by atoms with E-state index in [2.05, 4.69) is 54.6 Å². The smallest absolute Gasteiger partial charge is 0.164 e. The monoisotopic (exact) mass is 499 g/mol. The molecule has 2 aromatic heterocycles. The maximum absolute atomic E-state index is 6.50. The first kappa shape index (κ1) is 21.7. The molecule has 0 bridgehead atoms. The number of para-hydroxylation sites is 1. The van der Waals surface area contributed by atoms with E-state index in [-0.39, 0.29) is 0 Å². The van der Waals surface area contributed by atoms with Gasteiger partial charge in [-0.2, -0.15) is 0 Å². The molecule has 2 heterocycles. The predicted molar refractivity (Wildman–Crippen MR) is 158 cm³/mol. The number of furan rings is 1. The molecule has 4 nitrogen and oxygen atoms in total. The molecule has 4 heteroatoms. The minimum atomic E-state index is 0.627. The first-order valence-corrected chi connectivity index (χ1v) is 13.0. The lowest BCUT2D eigenvalue weighted by Gasteiger charge is -2.10. The van der Waals surface area contributed by atoms with Crippen LogP contribution in [0.4, 0.5) is 0 Å². The second kappa shape index (κ2) is 8.61. The van der Waals surface area contributed by atoms with E-state index in [1.807, 2.05) is 72.8 Å². The molecule has 6 aromatic carbocycles. The lowest BCUT2D eigenvalue weighted by molar-refractivity contribution is 0.673. The Bertz CT molecular complexity index is 2110. The van der Waals surface area contributed by atoms with Crippen molar-refractivity contribution >= 4 is 43.5 Å². The van der Waals surface area contributed by atoms with E-state index in [1.54, 1.807) is 0 Å². The van der Waals surface area contributed by atoms with Gasteiger partial charge in [0.2, 0.25) is 0 Å². The fourth-order valence-electron chi connectivity index (χ4n) is 5.48. The molecule has 0 unspecified atom stereocenters. The summed E-state index contributed by atoms with van der Waals surface area (Å²) in [4.78, 5) is 14.7. The fourth-order valence-corrected chi connectivity index (χ4v) is 5.48. The van der Waals surface area contributed by atoms with Crippen LogP contribution in [-0.2, 0) is 0 Å². The molecule has 0 amide bonds. The van der Waals surface area contributed by atoms with Crippen molar-refractivity contribution in [2.75, 3.05) is 0 Å². The zero-order valence-corrected chi connectivity index (χ0v) is 20.9. The molecule has 182 valence electrons. The van der Waals surface area contributed by atoms with E-state index in [0.29, 0.717) is 17.5 Å². The summed E-state index contributed by atoms with van der Waals surface area (Å²) < 4.78 is 6.50. The zero-order chi connectivity index (χ0) is 25.8. The summed E-state index contributed by atoms with van der Waals surface area (Å²) in [5.74, 6) is 1.92. The molecule has 8 aromatic rings. The van der Waals surface area contributed by atoms with Crippen molar-refractivity contribution in [3.63, 3.8) is 0 Å². The molecular formula is C35H21N3O. The highest BCUT2D eigenvalue weighted by atomic mass is 16.3.